The van der Waals surface area contributed by atoms with Crippen LogP contribution in [0, 0.1) is 0 Å². The number of hydrogen-bond acceptors (Lipinski definition) is 4. The molecule has 0 saturated heterocycles. The van der Waals surface area contributed by atoms with Crippen LogP contribution in [-0.4, -0.2) is 24.8 Å². The average Bonchev–Trinajstić information content (AvgIpc) is 2.48. The highest BCUT2D eigenvalue weighted by Gasteiger charge is 2.18. The number of hydrogen-bond donors (Lipinski definition) is 1. The van der Waals surface area contributed by atoms with Crippen molar-refractivity contribution < 1.29 is 8.42 Å². The number of nitrogens with two attached hydrogens (primary N) is 1. The van der Waals surface area contributed by atoms with Gasteiger partial charge in [-0.25, -0.2) is 12.7 Å². The van der Waals surface area contributed by atoms with Crippen LogP contribution < -0.4 is 5.73 Å². The molecular weight excluding hydrogens is 286 g/mol. The van der Waals surface area contributed by atoms with Crippen LogP contribution >= 0.6 is 0 Å². The molecule has 21 heavy (non-hydrogen) atoms. The Labute approximate surface area is 125 Å². The van der Waals surface area contributed by atoms with Crippen LogP contribution in [0.4, 0.5) is 0 Å². The van der Waals surface area contributed by atoms with Crippen molar-refractivity contribution in [2.45, 2.75) is 18.8 Å². The zero-order valence-corrected chi connectivity index (χ0v) is 12.8. The van der Waals surface area contributed by atoms with E-state index in [4.69, 9.17) is 5.73 Å². The lowest BCUT2D eigenvalue weighted by Gasteiger charge is -2.17. The van der Waals surface area contributed by atoms with Gasteiger partial charge in [-0.2, -0.15) is 0 Å². The zero-order chi connectivity index (χ0) is 15.3. The van der Waals surface area contributed by atoms with Crippen molar-refractivity contribution >= 4 is 10.0 Å². The largest absolute Gasteiger partial charge is 0.326 e. The fraction of sp³-hybridized carbons (Fsp3) is 0.267. The minimum absolute atomic E-state index is 0.0192. The Hall–Kier alpha value is -1.76. The lowest BCUT2D eigenvalue weighted by atomic mass is 10.1. The minimum atomic E-state index is -3.36. The summed E-state index contributed by atoms with van der Waals surface area (Å²) in [6, 6.07) is 11.0. The topological polar surface area (TPSA) is 76.3 Å². The van der Waals surface area contributed by atoms with Gasteiger partial charge in [0.05, 0.1) is 5.75 Å². The van der Waals surface area contributed by atoms with Crippen molar-refractivity contribution in [2.75, 3.05) is 7.05 Å². The summed E-state index contributed by atoms with van der Waals surface area (Å²) in [5.41, 5.74) is 8.13. The predicted molar refractivity (Wildman–Crippen MR) is 82.7 cm³/mol. The summed E-state index contributed by atoms with van der Waals surface area (Å²) in [5, 5.41) is 0. The Balaban J connectivity index is 2.06. The van der Waals surface area contributed by atoms with Gasteiger partial charge in [0.15, 0.2) is 0 Å². The maximum Gasteiger partial charge on any atom is 0.218 e. The first-order valence-corrected chi connectivity index (χ1v) is 8.23. The summed E-state index contributed by atoms with van der Waals surface area (Å²) < 4.78 is 26.0. The van der Waals surface area contributed by atoms with Crippen LogP contribution in [-0.2, 0) is 28.9 Å². The molecule has 1 aromatic heterocycles. The maximum atomic E-state index is 12.3. The predicted octanol–water partition coefficient (Wildman–Crippen LogP) is 1.50. The lowest BCUT2D eigenvalue weighted by molar-refractivity contribution is 0.465. The van der Waals surface area contributed by atoms with E-state index in [2.05, 4.69) is 4.98 Å². The zero-order valence-electron chi connectivity index (χ0n) is 11.9. The average molecular weight is 305 g/mol. The van der Waals surface area contributed by atoms with Crippen LogP contribution in [0.25, 0.3) is 0 Å². The van der Waals surface area contributed by atoms with E-state index in [0.717, 1.165) is 16.7 Å². The molecule has 1 heterocycles. The molecule has 0 aliphatic carbocycles. The third kappa shape index (κ3) is 4.35. The van der Waals surface area contributed by atoms with Crippen molar-refractivity contribution in [1.82, 2.24) is 9.29 Å². The van der Waals surface area contributed by atoms with Gasteiger partial charge in [0, 0.05) is 32.5 Å². The summed E-state index contributed by atoms with van der Waals surface area (Å²) in [7, 11) is -1.78. The van der Waals surface area contributed by atoms with Crippen molar-refractivity contribution in [3.63, 3.8) is 0 Å². The number of pyridine rings is 1. The number of rotatable bonds is 6. The fourth-order valence-electron chi connectivity index (χ4n) is 1.94. The van der Waals surface area contributed by atoms with Crippen molar-refractivity contribution in [3.05, 3.63) is 65.5 Å². The number of aromatic nitrogens is 1. The van der Waals surface area contributed by atoms with Gasteiger partial charge in [0.2, 0.25) is 10.0 Å². The molecule has 0 atom stereocenters. The quantitative estimate of drug-likeness (QED) is 0.877. The van der Waals surface area contributed by atoms with Gasteiger partial charge in [-0.3, -0.25) is 4.98 Å². The van der Waals surface area contributed by atoms with Gasteiger partial charge in [-0.1, -0.05) is 30.3 Å². The van der Waals surface area contributed by atoms with E-state index in [0.29, 0.717) is 13.1 Å². The summed E-state index contributed by atoms with van der Waals surface area (Å²) in [6.45, 7) is 0.769. The molecule has 0 unspecified atom stereocenters. The molecule has 112 valence electrons. The van der Waals surface area contributed by atoms with Gasteiger partial charge in [0.25, 0.3) is 0 Å². The first-order valence-electron chi connectivity index (χ1n) is 6.62. The van der Waals surface area contributed by atoms with Crippen molar-refractivity contribution in [3.8, 4) is 0 Å². The highest BCUT2D eigenvalue weighted by Crippen LogP contribution is 2.13. The lowest BCUT2D eigenvalue weighted by Crippen LogP contribution is -2.27. The van der Waals surface area contributed by atoms with E-state index in [1.807, 2.05) is 18.2 Å². The molecule has 0 amide bonds. The summed E-state index contributed by atoms with van der Waals surface area (Å²) in [5.74, 6) is -0.0192. The van der Waals surface area contributed by atoms with E-state index in [1.165, 1.54) is 4.31 Å². The van der Waals surface area contributed by atoms with E-state index < -0.39 is 10.0 Å². The minimum Gasteiger partial charge on any atom is -0.326 e. The first-order chi connectivity index (χ1) is 10.0. The second-order valence-corrected chi connectivity index (χ2v) is 6.97. The molecule has 0 aliphatic rings. The third-order valence-corrected chi connectivity index (χ3v) is 4.99. The van der Waals surface area contributed by atoms with E-state index in [-0.39, 0.29) is 5.75 Å². The maximum absolute atomic E-state index is 12.3. The molecule has 0 spiro atoms. The molecule has 0 bridgehead atoms. The SMILES string of the molecule is CN(Cc1cccnc1)S(=O)(=O)Cc1ccc(CN)cc1. The Bertz CT molecular complexity index is 670. The highest BCUT2D eigenvalue weighted by molar-refractivity contribution is 7.88. The monoisotopic (exact) mass is 305 g/mol. The Kier molecular flexibility index (Phi) is 5.06. The van der Waals surface area contributed by atoms with E-state index >= 15 is 0 Å². The smallest absolute Gasteiger partial charge is 0.218 e. The first kappa shape index (κ1) is 15.6. The number of benzene rings is 1. The van der Waals surface area contributed by atoms with Gasteiger partial charge in [-0.15, -0.1) is 0 Å². The van der Waals surface area contributed by atoms with Crippen LogP contribution in [0.2, 0.25) is 0 Å². The molecular formula is C15H19N3O2S. The molecule has 0 fully saturated rings. The fourth-order valence-corrected chi connectivity index (χ4v) is 3.12. The third-order valence-electron chi connectivity index (χ3n) is 3.21. The molecule has 5 nitrogen and oxygen atoms in total. The van der Waals surface area contributed by atoms with Crippen LogP contribution in [0.3, 0.4) is 0 Å². The molecule has 1 aromatic carbocycles. The molecule has 2 N–H and O–H groups in total. The molecule has 6 heteroatoms. The highest BCUT2D eigenvalue weighted by atomic mass is 32.2. The van der Waals surface area contributed by atoms with Crippen molar-refractivity contribution in [1.29, 1.82) is 0 Å². The normalized spacial score (nSPS) is 11.8. The Morgan fingerprint density at radius 3 is 2.33 bits per heavy atom. The summed E-state index contributed by atoms with van der Waals surface area (Å²) >= 11 is 0. The Morgan fingerprint density at radius 2 is 1.76 bits per heavy atom. The second kappa shape index (κ2) is 6.80. The summed E-state index contributed by atoms with van der Waals surface area (Å²) in [4.78, 5) is 3.99. The van der Waals surface area contributed by atoms with Crippen LogP contribution in [0.5, 0.6) is 0 Å². The molecule has 0 saturated carbocycles. The van der Waals surface area contributed by atoms with Gasteiger partial charge in [0.1, 0.15) is 0 Å². The molecule has 0 radical (unpaired) electrons. The molecule has 0 aliphatic heterocycles. The van der Waals surface area contributed by atoms with Crippen LogP contribution in [0.15, 0.2) is 48.8 Å². The van der Waals surface area contributed by atoms with E-state index in [1.54, 1.807) is 37.6 Å². The van der Waals surface area contributed by atoms with E-state index in [9.17, 15) is 8.42 Å². The summed E-state index contributed by atoms with van der Waals surface area (Å²) in [6.07, 6.45) is 3.33. The Morgan fingerprint density at radius 1 is 1.10 bits per heavy atom. The van der Waals surface area contributed by atoms with Crippen LogP contribution in [0.1, 0.15) is 16.7 Å². The molecule has 2 aromatic rings. The second-order valence-electron chi connectivity index (χ2n) is 4.89. The van der Waals surface area contributed by atoms with Crippen molar-refractivity contribution in [2.24, 2.45) is 5.73 Å². The molecule has 2 rings (SSSR count). The van der Waals surface area contributed by atoms with Gasteiger partial charge < -0.3 is 5.73 Å². The van der Waals surface area contributed by atoms with Gasteiger partial charge >= 0.3 is 0 Å². The number of sulfonamides is 1. The number of nitrogens with zero attached hydrogens (tertiary/aromatic N) is 2. The van der Waals surface area contributed by atoms with Gasteiger partial charge in [-0.05, 0) is 22.8 Å². The standard InChI is InChI=1S/C15H19N3O2S/c1-18(11-15-3-2-8-17-10-15)21(19,20)12-14-6-4-13(9-16)5-7-14/h2-8,10H,9,11-12,16H2,1H3.